The van der Waals surface area contributed by atoms with E-state index in [4.69, 9.17) is 14.2 Å². The zero-order valence-corrected chi connectivity index (χ0v) is 16.6. The van der Waals surface area contributed by atoms with Crippen molar-refractivity contribution in [1.82, 2.24) is 10.2 Å². The molecule has 0 aromatic heterocycles. The highest BCUT2D eigenvalue weighted by Crippen LogP contribution is 2.23. The van der Waals surface area contributed by atoms with Crippen molar-refractivity contribution < 1.29 is 19.0 Å². The number of rotatable bonds is 9. The molecular formula is C22H28N2O4. The van der Waals surface area contributed by atoms with E-state index in [1.807, 2.05) is 37.3 Å². The summed E-state index contributed by atoms with van der Waals surface area (Å²) in [4.78, 5) is 14.4. The van der Waals surface area contributed by atoms with Gasteiger partial charge in [-0.2, -0.15) is 0 Å². The molecule has 3 rings (SSSR count). The molecule has 1 aliphatic heterocycles. The molecule has 0 saturated heterocycles. The number of hydrogen-bond acceptors (Lipinski definition) is 5. The fourth-order valence-electron chi connectivity index (χ4n) is 3.27. The van der Waals surface area contributed by atoms with E-state index >= 15 is 0 Å². The quantitative estimate of drug-likeness (QED) is 0.674. The largest absolute Gasteiger partial charge is 0.497 e. The lowest BCUT2D eigenvalue weighted by molar-refractivity contribution is -0.122. The molecule has 2 aromatic rings. The summed E-state index contributed by atoms with van der Waals surface area (Å²) in [5.41, 5.74) is 2.57. The van der Waals surface area contributed by atoms with Crippen molar-refractivity contribution >= 4 is 5.91 Å². The number of fused-ring (bicyclic) bond motifs is 1. The summed E-state index contributed by atoms with van der Waals surface area (Å²) in [6.07, 6.45) is 0.952. The third-order valence-corrected chi connectivity index (χ3v) is 4.70. The molecule has 0 saturated carbocycles. The Morgan fingerprint density at radius 2 is 1.75 bits per heavy atom. The second kappa shape index (κ2) is 9.99. The van der Waals surface area contributed by atoms with Crippen molar-refractivity contribution in [3.63, 3.8) is 0 Å². The molecule has 0 aliphatic carbocycles. The maximum absolute atomic E-state index is 12.2. The average molecular weight is 384 g/mol. The molecule has 150 valence electrons. The third-order valence-electron chi connectivity index (χ3n) is 4.70. The van der Waals surface area contributed by atoms with Crippen LogP contribution in [0.1, 0.15) is 18.1 Å². The van der Waals surface area contributed by atoms with Gasteiger partial charge in [0.15, 0.2) is 0 Å². The van der Waals surface area contributed by atoms with E-state index < -0.39 is 0 Å². The summed E-state index contributed by atoms with van der Waals surface area (Å²) < 4.78 is 16.4. The van der Waals surface area contributed by atoms with Gasteiger partial charge >= 0.3 is 0 Å². The van der Waals surface area contributed by atoms with E-state index in [0.29, 0.717) is 26.3 Å². The predicted octanol–water partition coefficient (Wildman–Crippen LogP) is 2.65. The Balaban J connectivity index is 1.37. The number of amides is 1. The summed E-state index contributed by atoms with van der Waals surface area (Å²) in [5.74, 6) is 2.46. The fraction of sp³-hybridized carbons (Fsp3) is 0.409. The van der Waals surface area contributed by atoms with E-state index in [1.54, 1.807) is 7.11 Å². The van der Waals surface area contributed by atoms with Crippen LogP contribution in [0.25, 0.3) is 0 Å². The smallest absolute Gasteiger partial charge is 0.234 e. The molecule has 0 spiro atoms. The van der Waals surface area contributed by atoms with Gasteiger partial charge in [0.1, 0.15) is 23.9 Å². The minimum absolute atomic E-state index is 0.0154. The summed E-state index contributed by atoms with van der Waals surface area (Å²) in [6.45, 7) is 5.54. The average Bonchev–Trinajstić information content (AvgIpc) is 2.72. The number of ether oxygens (including phenoxy) is 3. The Bertz CT molecular complexity index is 777. The van der Waals surface area contributed by atoms with Crippen molar-refractivity contribution in [2.24, 2.45) is 0 Å². The van der Waals surface area contributed by atoms with Crippen LogP contribution in [0.2, 0.25) is 0 Å². The standard InChI is InChI=1S/C22H28N2O4/c1-3-27-19-6-8-20(9-7-19)28-13-11-23-22(25)16-24-12-10-17-4-5-21(26-2)14-18(17)15-24/h4-9,14H,3,10-13,15-16H2,1-2H3,(H,23,25). The number of benzene rings is 2. The maximum atomic E-state index is 12.2. The van der Waals surface area contributed by atoms with Gasteiger partial charge in [-0.1, -0.05) is 6.07 Å². The number of carbonyl (C=O) groups excluding carboxylic acids is 1. The van der Waals surface area contributed by atoms with Gasteiger partial charge in [0.25, 0.3) is 0 Å². The van der Waals surface area contributed by atoms with E-state index in [0.717, 1.165) is 36.8 Å². The number of methoxy groups -OCH3 is 1. The van der Waals surface area contributed by atoms with Gasteiger partial charge in [-0.25, -0.2) is 0 Å². The van der Waals surface area contributed by atoms with E-state index in [9.17, 15) is 4.79 Å². The number of nitrogens with zero attached hydrogens (tertiary/aromatic N) is 1. The van der Waals surface area contributed by atoms with Crippen molar-refractivity contribution in [3.05, 3.63) is 53.6 Å². The van der Waals surface area contributed by atoms with Crippen LogP contribution in [0.5, 0.6) is 17.2 Å². The molecule has 1 N–H and O–H groups in total. The van der Waals surface area contributed by atoms with Crippen molar-refractivity contribution in [2.45, 2.75) is 19.9 Å². The first-order valence-corrected chi connectivity index (χ1v) is 9.68. The Hall–Kier alpha value is -2.73. The minimum Gasteiger partial charge on any atom is -0.497 e. The van der Waals surface area contributed by atoms with Crippen molar-refractivity contribution in [3.8, 4) is 17.2 Å². The predicted molar refractivity (Wildman–Crippen MR) is 108 cm³/mol. The van der Waals surface area contributed by atoms with Crippen molar-refractivity contribution in [1.29, 1.82) is 0 Å². The van der Waals surface area contributed by atoms with Gasteiger partial charge in [0.05, 0.1) is 26.8 Å². The van der Waals surface area contributed by atoms with Crippen LogP contribution in [0.15, 0.2) is 42.5 Å². The zero-order chi connectivity index (χ0) is 19.8. The Morgan fingerprint density at radius 3 is 2.46 bits per heavy atom. The number of carbonyl (C=O) groups is 1. The topological polar surface area (TPSA) is 60.0 Å². The molecule has 1 heterocycles. The first kappa shape index (κ1) is 20.0. The lowest BCUT2D eigenvalue weighted by Gasteiger charge is -2.28. The first-order chi connectivity index (χ1) is 13.7. The van der Waals surface area contributed by atoms with Crippen LogP contribution in [-0.2, 0) is 17.8 Å². The van der Waals surface area contributed by atoms with Crippen LogP contribution in [-0.4, -0.2) is 50.8 Å². The van der Waals surface area contributed by atoms with E-state index in [-0.39, 0.29) is 5.91 Å². The SMILES string of the molecule is CCOc1ccc(OCCNC(=O)CN2CCc3ccc(OC)cc3C2)cc1. The molecule has 1 amide bonds. The monoisotopic (exact) mass is 384 g/mol. The normalized spacial score (nSPS) is 13.5. The molecular weight excluding hydrogens is 356 g/mol. The van der Waals surface area contributed by atoms with Crippen LogP contribution in [0, 0.1) is 0 Å². The number of hydrogen-bond donors (Lipinski definition) is 1. The van der Waals surface area contributed by atoms with E-state index in [1.165, 1.54) is 11.1 Å². The molecule has 0 radical (unpaired) electrons. The lowest BCUT2D eigenvalue weighted by Crippen LogP contribution is -2.40. The molecule has 0 atom stereocenters. The highest BCUT2D eigenvalue weighted by Gasteiger charge is 2.18. The van der Waals surface area contributed by atoms with Crippen LogP contribution in [0.4, 0.5) is 0 Å². The summed E-state index contributed by atoms with van der Waals surface area (Å²) in [6, 6.07) is 13.7. The van der Waals surface area contributed by atoms with Gasteiger partial charge in [0.2, 0.25) is 5.91 Å². The zero-order valence-electron chi connectivity index (χ0n) is 16.6. The number of nitrogens with one attached hydrogen (secondary N) is 1. The molecule has 0 bridgehead atoms. The Morgan fingerprint density at radius 1 is 1.04 bits per heavy atom. The molecule has 6 nitrogen and oxygen atoms in total. The molecule has 1 aliphatic rings. The lowest BCUT2D eigenvalue weighted by atomic mass is 9.99. The Kier molecular flexibility index (Phi) is 7.14. The van der Waals surface area contributed by atoms with Gasteiger partial charge in [0, 0.05) is 13.1 Å². The maximum Gasteiger partial charge on any atom is 0.234 e. The second-order valence-corrected chi connectivity index (χ2v) is 6.70. The fourth-order valence-corrected chi connectivity index (χ4v) is 3.27. The van der Waals surface area contributed by atoms with Gasteiger partial charge in [-0.05, 0) is 60.9 Å². The van der Waals surface area contributed by atoms with Crippen LogP contribution >= 0.6 is 0 Å². The van der Waals surface area contributed by atoms with E-state index in [2.05, 4.69) is 22.3 Å². The van der Waals surface area contributed by atoms with Gasteiger partial charge in [-0.3, -0.25) is 9.69 Å². The van der Waals surface area contributed by atoms with Gasteiger partial charge in [-0.15, -0.1) is 0 Å². The third kappa shape index (κ3) is 5.63. The highest BCUT2D eigenvalue weighted by atomic mass is 16.5. The molecule has 0 unspecified atom stereocenters. The minimum atomic E-state index is 0.0154. The Labute approximate surface area is 166 Å². The summed E-state index contributed by atoms with van der Waals surface area (Å²) >= 11 is 0. The highest BCUT2D eigenvalue weighted by molar-refractivity contribution is 5.78. The van der Waals surface area contributed by atoms with Crippen LogP contribution < -0.4 is 19.5 Å². The molecule has 28 heavy (non-hydrogen) atoms. The summed E-state index contributed by atoms with van der Waals surface area (Å²) in [7, 11) is 1.67. The first-order valence-electron chi connectivity index (χ1n) is 9.68. The van der Waals surface area contributed by atoms with Crippen LogP contribution in [0.3, 0.4) is 0 Å². The van der Waals surface area contributed by atoms with Crippen molar-refractivity contribution in [2.75, 3.05) is 40.0 Å². The summed E-state index contributed by atoms with van der Waals surface area (Å²) in [5, 5.41) is 2.92. The van der Waals surface area contributed by atoms with Gasteiger partial charge < -0.3 is 19.5 Å². The second-order valence-electron chi connectivity index (χ2n) is 6.70. The molecule has 6 heteroatoms. The molecule has 2 aromatic carbocycles. The molecule has 0 fully saturated rings.